The minimum absolute atomic E-state index is 0.788. The number of hydrogen-bond acceptors (Lipinski definition) is 2. The van der Waals surface area contributed by atoms with Crippen molar-refractivity contribution >= 4 is 0 Å². The Kier molecular flexibility index (Phi) is 5.27. The fourth-order valence-corrected chi connectivity index (χ4v) is 5.18. The third-order valence-electron chi connectivity index (χ3n) is 6.64. The molecule has 3 atom stereocenters. The van der Waals surface area contributed by atoms with Crippen LogP contribution in [0.3, 0.4) is 0 Å². The van der Waals surface area contributed by atoms with Gasteiger partial charge in [-0.25, -0.2) is 0 Å². The van der Waals surface area contributed by atoms with Crippen molar-refractivity contribution in [2.75, 3.05) is 19.6 Å². The maximum atomic E-state index is 2.94. The van der Waals surface area contributed by atoms with E-state index in [0.717, 1.165) is 30.0 Å². The molecule has 1 saturated carbocycles. The summed E-state index contributed by atoms with van der Waals surface area (Å²) < 4.78 is 0. The van der Waals surface area contributed by atoms with Crippen LogP contribution in [-0.2, 0) is 0 Å². The van der Waals surface area contributed by atoms with E-state index in [1.165, 1.54) is 71.0 Å². The van der Waals surface area contributed by atoms with Gasteiger partial charge < -0.3 is 0 Å². The third-order valence-corrected chi connectivity index (χ3v) is 6.64. The zero-order valence-corrected chi connectivity index (χ0v) is 14.6. The van der Waals surface area contributed by atoms with E-state index >= 15 is 0 Å². The Morgan fingerprint density at radius 3 is 2.24 bits per heavy atom. The number of piperazine rings is 1. The molecule has 0 aromatic heterocycles. The first-order valence-corrected chi connectivity index (χ1v) is 9.66. The first-order valence-electron chi connectivity index (χ1n) is 9.66. The van der Waals surface area contributed by atoms with Gasteiger partial charge in [0.05, 0.1) is 0 Å². The summed E-state index contributed by atoms with van der Waals surface area (Å²) in [7, 11) is 0. The van der Waals surface area contributed by atoms with Crippen molar-refractivity contribution in [3.05, 3.63) is 0 Å². The Balaban J connectivity index is 1.70. The highest BCUT2D eigenvalue weighted by Crippen LogP contribution is 2.34. The fourth-order valence-electron chi connectivity index (χ4n) is 5.18. The molecule has 122 valence electrons. The van der Waals surface area contributed by atoms with Crippen LogP contribution >= 0.6 is 0 Å². The molecule has 21 heavy (non-hydrogen) atoms. The molecule has 3 unspecified atom stereocenters. The number of fused-ring (bicyclic) bond motifs is 1. The van der Waals surface area contributed by atoms with Crippen LogP contribution in [0.4, 0.5) is 0 Å². The van der Waals surface area contributed by atoms with Crippen molar-refractivity contribution in [3.8, 4) is 0 Å². The molecular formula is C19H36N2. The van der Waals surface area contributed by atoms with Crippen LogP contribution in [0, 0.1) is 11.8 Å². The monoisotopic (exact) mass is 292 g/mol. The lowest BCUT2D eigenvalue weighted by Crippen LogP contribution is -2.63. The lowest BCUT2D eigenvalue weighted by Gasteiger charge is -2.53. The Morgan fingerprint density at radius 1 is 0.810 bits per heavy atom. The van der Waals surface area contributed by atoms with Gasteiger partial charge in [-0.3, -0.25) is 9.80 Å². The summed E-state index contributed by atoms with van der Waals surface area (Å²) in [6.45, 7) is 11.5. The number of nitrogens with zero attached hydrogens (tertiary/aromatic N) is 2. The van der Waals surface area contributed by atoms with Crippen LogP contribution in [0.1, 0.15) is 72.1 Å². The van der Waals surface area contributed by atoms with Gasteiger partial charge in [0.1, 0.15) is 0 Å². The predicted molar refractivity (Wildman–Crippen MR) is 90.6 cm³/mol. The van der Waals surface area contributed by atoms with Crippen molar-refractivity contribution < 1.29 is 0 Å². The summed E-state index contributed by atoms with van der Waals surface area (Å²) >= 11 is 0. The van der Waals surface area contributed by atoms with Gasteiger partial charge in [-0.15, -0.1) is 0 Å². The molecule has 0 aromatic rings. The van der Waals surface area contributed by atoms with Gasteiger partial charge in [0.2, 0.25) is 0 Å². The van der Waals surface area contributed by atoms with E-state index in [4.69, 9.17) is 0 Å². The Bertz CT molecular complexity index is 319. The second-order valence-electron chi connectivity index (χ2n) is 8.29. The molecule has 3 aliphatic rings. The van der Waals surface area contributed by atoms with Crippen molar-refractivity contribution in [2.24, 2.45) is 11.8 Å². The normalized spacial score (nSPS) is 34.9. The summed E-state index contributed by atoms with van der Waals surface area (Å²) in [6.07, 6.45) is 11.7. The Morgan fingerprint density at radius 2 is 1.52 bits per heavy atom. The molecule has 0 aromatic carbocycles. The highest BCUT2D eigenvalue weighted by Gasteiger charge is 2.39. The van der Waals surface area contributed by atoms with Crippen molar-refractivity contribution in [2.45, 2.75) is 90.3 Å². The average molecular weight is 293 g/mol. The molecule has 0 N–H and O–H groups in total. The largest absolute Gasteiger partial charge is 0.298 e. The summed E-state index contributed by atoms with van der Waals surface area (Å²) in [6, 6.07) is 2.46. The zero-order chi connectivity index (χ0) is 14.8. The zero-order valence-electron chi connectivity index (χ0n) is 14.6. The molecule has 0 bridgehead atoms. The van der Waals surface area contributed by atoms with Gasteiger partial charge in [-0.1, -0.05) is 39.5 Å². The molecular weight excluding hydrogens is 256 g/mol. The highest BCUT2D eigenvalue weighted by molar-refractivity contribution is 4.95. The standard InChI is InChI=1S/C19H36N2/c1-15(2)19-14-20-12-8-7-11-18(20)13-21(19)16(3)17-9-5-4-6-10-17/h15-19H,4-14H2,1-3H3. The lowest BCUT2D eigenvalue weighted by atomic mass is 9.81. The van der Waals surface area contributed by atoms with E-state index in [2.05, 4.69) is 30.6 Å². The lowest BCUT2D eigenvalue weighted by molar-refractivity contribution is -0.0421. The molecule has 0 spiro atoms. The number of piperidine rings is 1. The first-order chi connectivity index (χ1) is 10.2. The van der Waals surface area contributed by atoms with Gasteiger partial charge in [-0.2, -0.15) is 0 Å². The van der Waals surface area contributed by atoms with E-state index in [-0.39, 0.29) is 0 Å². The molecule has 0 radical (unpaired) electrons. The summed E-state index contributed by atoms with van der Waals surface area (Å²) in [4.78, 5) is 5.76. The van der Waals surface area contributed by atoms with Crippen LogP contribution in [0.2, 0.25) is 0 Å². The summed E-state index contributed by atoms with van der Waals surface area (Å²) in [5, 5.41) is 0. The molecule has 2 nitrogen and oxygen atoms in total. The van der Waals surface area contributed by atoms with E-state index < -0.39 is 0 Å². The quantitative estimate of drug-likeness (QED) is 0.771. The minimum Gasteiger partial charge on any atom is -0.298 e. The van der Waals surface area contributed by atoms with Crippen molar-refractivity contribution in [3.63, 3.8) is 0 Å². The molecule has 2 heterocycles. The highest BCUT2D eigenvalue weighted by atomic mass is 15.3. The van der Waals surface area contributed by atoms with E-state index in [1.807, 2.05) is 0 Å². The summed E-state index contributed by atoms with van der Waals surface area (Å²) in [5.41, 5.74) is 0. The fraction of sp³-hybridized carbons (Fsp3) is 1.00. The molecule has 2 aliphatic heterocycles. The van der Waals surface area contributed by atoms with Crippen LogP contribution in [0.15, 0.2) is 0 Å². The SMILES string of the molecule is CC(C)C1CN2CCCCC2CN1C(C)C1CCCCC1. The first kappa shape index (κ1) is 15.8. The number of rotatable bonds is 3. The molecule has 3 fully saturated rings. The van der Waals surface area contributed by atoms with Gasteiger partial charge in [0.15, 0.2) is 0 Å². The van der Waals surface area contributed by atoms with Crippen LogP contribution in [0.5, 0.6) is 0 Å². The molecule has 1 aliphatic carbocycles. The number of hydrogen-bond donors (Lipinski definition) is 0. The van der Waals surface area contributed by atoms with Gasteiger partial charge in [0, 0.05) is 31.2 Å². The Labute approximate surface area is 132 Å². The topological polar surface area (TPSA) is 6.48 Å². The van der Waals surface area contributed by atoms with E-state index in [9.17, 15) is 0 Å². The minimum atomic E-state index is 0.788. The van der Waals surface area contributed by atoms with Crippen LogP contribution in [-0.4, -0.2) is 47.6 Å². The van der Waals surface area contributed by atoms with Crippen molar-refractivity contribution in [1.82, 2.24) is 9.80 Å². The van der Waals surface area contributed by atoms with Crippen molar-refractivity contribution in [1.29, 1.82) is 0 Å². The van der Waals surface area contributed by atoms with E-state index in [1.54, 1.807) is 0 Å². The maximum Gasteiger partial charge on any atom is 0.0249 e. The predicted octanol–water partition coefficient (Wildman–Crippen LogP) is 4.15. The summed E-state index contributed by atoms with van der Waals surface area (Å²) in [5.74, 6) is 1.76. The average Bonchev–Trinajstić information content (AvgIpc) is 2.53. The smallest absolute Gasteiger partial charge is 0.0249 e. The van der Waals surface area contributed by atoms with Crippen LogP contribution < -0.4 is 0 Å². The third kappa shape index (κ3) is 3.47. The molecule has 3 rings (SSSR count). The van der Waals surface area contributed by atoms with Gasteiger partial charge >= 0.3 is 0 Å². The second kappa shape index (κ2) is 7.00. The van der Waals surface area contributed by atoms with Gasteiger partial charge in [-0.05, 0) is 51.0 Å². The van der Waals surface area contributed by atoms with Crippen LogP contribution in [0.25, 0.3) is 0 Å². The second-order valence-corrected chi connectivity index (χ2v) is 8.29. The van der Waals surface area contributed by atoms with E-state index in [0.29, 0.717) is 0 Å². The van der Waals surface area contributed by atoms with Gasteiger partial charge in [0.25, 0.3) is 0 Å². The molecule has 2 heteroatoms. The Hall–Kier alpha value is -0.0800. The molecule has 2 saturated heterocycles. The molecule has 0 amide bonds. The maximum absolute atomic E-state index is 2.94.